The van der Waals surface area contributed by atoms with E-state index in [-0.39, 0.29) is 0 Å². The van der Waals surface area contributed by atoms with Crippen LogP contribution in [0.5, 0.6) is 0 Å². The second kappa shape index (κ2) is 6.62. The molecule has 0 bridgehead atoms. The molecule has 1 unspecified atom stereocenters. The van der Waals surface area contributed by atoms with Crippen LogP contribution >= 0.6 is 15.9 Å². The van der Waals surface area contributed by atoms with Crippen molar-refractivity contribution in [1.82, 2.24) is 20.3 Å². The summed E-state index contributed by atoms with van der Waals surface area (Å²) in [5, 5.41) is 3.55. The van der Waals surface area contributed by atoms with Gasteiger partial charge in [-0.05, 0) is 53.9 Å². The molecule has 0 saturated carbocycles. The lowest BCUT2D eigenvalue weighted by Crippen LogP contribution is -2.21. The minimum atomic E-state index is 0.388. The Balaban J connectivity index is 1.96. The van der Waals surface area contributed by atoms with E-state index >= 15 is 0 Å². The Bertz CT molecular complexity index is 612. The Morgan fingerprint density at radius 2 is 2.14 bits per heavy atom. The van der Waals surface area contributed by atoms with Crippen molar-refractivity contribution in [1.29, 1.82) is 0 Å². The molecule has 110 valence electrons. The van der Waals surface area contributed by atoms with Crippen molar-refractivity contribution in [2.75, 3.05) is 6.54 Å². The first-order valence-electron chi connectivity index (χ1n) is 7.49. The summed E-state index contributed by atoms with van der Waals surface area (Å²) < 4.78 is 0.966. The first-order chi connectivity index (χ1) is 10.3. The summed E-state index contributed by atoms with van der Waals surface area (Å²) in [6.07, 6.45) is 8.40. The monoisotopic (exact) mass is 346 g/mol. The topological polar surface area (TPSA) is 50.7 Å². The number of fused-ring (bicyclic) bond motifs is 1. The molecule has 0 saturated heterocycles. The molecular formula is C16H19BrN4. The SMILES string of the molecule is CCNC1CCCCc2nc(-c3ccc(Br)cn3)ncc21. The third kappa shape index (κ3) is 3.30. The summed E-state index contributed by atoms with van der Waals surface area (Å²) in [5.74, 6) is 0.721. The maximum absolute atomic E-state index is 4.78. The van der Waals surface area contributed by atoms with Crippen molar-refractivity contribution >= 4 is 15.9 Å². The lowest BCUT2D eigenvalue weighted by Gasteiger charge is -2.17. The van der Waals surface area contributed by atoms with Crippen molar-refractivity contribution in [3.8, 4) is 11.5 Å². The zero-order chi connectivity index (χ0) is 14.7. The van der Waals surface area contributed by atoms with E-state index in [1.165, 1.54) is 30.5 Å². The number of hydrogen-bond acceptors (Lipinski definition) is 4. The zero-order valence-electron chi connectivity index (χ0n) is 12.1. The van der Waals surface area contributed by atoms with Gasteiger partial charge in [0.05, 0.1) is 0 Å². The average molecular weight is 347 g/mol. The molecule has 5 heteroatoms. The molecule has 0 radical (unpaired) electrons. The number of aromatic nitrogens is 3. The van der Waals surface area contributed by atoms with Gasteiger partial charge >= 0.3 is 0 Å². The van der Waals surface area contributed by atoms with E-state index in [1.807, 2.05) is 18.3 Å². The Labute approximate surface area is 133 Å². The molecule has 2 aromatic rings. The summed E-state index contributed by atoms with van der Waals surface area (Å²) in [6.45, 7) is 3.12. The van der Waals surface area contributed by atoms with Crippen LogP contribution < -0.4 is 5.32 Å². The largest absolute Gasteiger partial charge is 0.310 e. The van der Waals surface area contributed by atoms with E-state index < -0.39 is 0 Å². The van der Waals surface area contributed by atoms with Gasteiger partial charge in [0, 0.05) is 34.2 Å². The van der Waals surface area contributed by atoms with Crippen LogP contribution in [0.25, 0.3) is 11.5 Å². The Kier molecular flexibility index (Phi) is 4.60. The predicted octanol–water partition coefficient (Wildman–Crippen LogP) is 3.68. The summed E-state index contributed by atoms with van der Waals surface area (Å²) in [7, 11) is 0. The van der Waals surface area contributed by atoms with Gasteiger partial charge in [-0.3, -0.25) is 4.98 Å². The fraction of sp³-hybridized carbons (Fsp3) is 0.438. The molecule has 0 aliphatic heterocycles. The fourth-order valence-electron chi connectivity index (χ4n) is 2.80. The van der Waals surface area contributed by atoms with Crippen molar-refractivity contribution in [2.45, 2.75) is 38.6 Å². The van der Waals surface area contributed by atoms with E-state index in [2.05, 4.69) is 38.1 Å². The van der Waals surface area contributed by atoms with Gasteiger partial charge in [0.1, 0.15) is 5.69 Å². The van der Waals surface area contributed by atoms with Crippen LogP contribution in [0, 0.1) is 0 Å². The van der Waals surface area contributed by atoms with Crippen molar-refractivity contribution in [3.63, 3.8) is 0 Å². The van der Waals surface area contributed by atoms with Crippen LogP contribution in [-0.2, 0) is 6.42 Å². The van der Waals surface area contributed by atoms with Crippen LogP contribution in [0.3, 0.4) is 0 Å². The number of hydrogen-bond donors (Lipinski definition) is 1. The summed E-state index contributed by atoms with van der Waals surface area (Å²) in [5.41, 5.74) is 3.26. The van der Waals surface area contributed by atoms with Gasteiger partial charge in [0.2, 0.25) is 0 Å². The van der Waals surface area contributed by atoms with Gasteiger partial charge in [0.25, 0.3) is 0 Å². The first-order valence-corrected chi connectivity index (χ1v) is 8.28. The third-order valence-corrected chi connectivity index (χ3v) is 4.31. The van der Waals surface area contributed by atoms with Gasteiger partial charge in [-0.25, -0.2) is 9.97 Å². The summed E-state index contributed by atoms with van der Waals surface area (Å²) >= 11 is 3.40. The fourth-order valence-corrected chi connectivity index (χ4v) is 3.04. The van der Waals surface area contributed by atoms with Crippen LogP contribution in [-0.4, -0.2) is 21.5 Å². The maximum Gasteiger partial charge on any atom is 0.178 e. The summed E-state index contributed by atoms with van der Waals surface area (Å²) in [6, 6.07) is 4.31. The van der Waals surface area contributed by atoms with E-state index in [1.54, 1.807) is 6.20 Å². The number of rotatable bonds is 3. The molecule has 1 N–H and O–H groups in total. The average Bonchev–Trinajstić information content (AvgIpc) is 2.70. The number of halogens is 1. The molecule has 1 atom stereocenters. The van der Waals surface area contributed by atoms with E-state index in [4.69, 9.17) is 4.98 Å². The highest BCUT2D eigenvalue weighted by Crippen LogP contribution is 2.28. The second-order valence-corrected chi connectivity index (χ2v) is 6.23. The van der Waals surface area contributed by atoms with Gasteiger partial charge in [-0.1, -0.05) is 13.3 Å². The van der Waals surface area contributed by atoms with Crippen molar-refractivity contribution < 1.29 is 0 Å². The highest BCUT2D eigenvalue weighted by atomic mass is 79.9. The zero-order valence-corrected chi connectivity index (χ0v) is 13.7. The smallest absolute Gasteiger partial charge is 0.178 e. The molecule has 0 fully saturated rings. The number of pyridine rings is 1. The standard InChI is InChI=1S/C16H19BrN4/c1-2-18-13-5-3-4-6-14-12(13)10-20-16(21-14)15-8-7-11(17)9-19-15/h7-10,13,18H,2-6H2,1H3. The maximum atomic E-state index is 4.78. The van der Waals surface area contributed by atoms with Gasteiger partial charge in [-0.15, -0.1) is 0 Å². The predicted molar refractivity (Wildman–Crippen MR) is 86.9 cm³/mol. The van der Waals surface area contributed by atoms with E-state index in [9.17, 15) is 0 Å². The third-order valence-electron chi connectivity index (χ3n) is 3.84. The molecule has 1 aliphatic rings. The Morgan fingerprint density at radius 3 is 2.90 bits per heavy atom. The van der Waals surface area contributed by atoms with Crippen LogP contribution in [0.2, 0.25) is 0 Å². The molecule has 2 heterocycles. The molecular weight excluding hydrogens is 328 g/mol. The Morgan fingerprint density at radius 1 is 1.24 bits per heavy atom. The molecule has 3 rings (SSSR count). The summed E-state index contributed by atoms with van der Waals surface area (Å²) in [4.78, 5) is 13.7. The Hall–Kier alpha value is -1.33. The van der Waals surface area contributed by atoms with E-state index in [0.29, 0.717) is 6.04 Å². The van der Waals surface area contributed by atoms with E-state index in [0.717, 1.165) is 29.0 Å². The second-order valence-electron chi connectivity index (χ2n) is 5.31. The number of nitrogens with one attached hydrogen (secondary N) is 1. The minimum Gasteiger partial charge on any atom is -0.310 e. The molecule has 0 amide bonds. The molecule has 21 heavy (non-hydrogen) atoms. The van der Waals surface area contributed by atoms with Crippen LogP contribution in [0.4, 0.5) is 0 Å². The highest BCUT2D eigenvalue weighted by Gasteiger charge is 2.20. The lowest BCUT2D eigenvalue weighted by molar-refractivity contribution is 0.502. The molecule has 0 spiro atoms. The van der Waals surface area contributed by atoms with Crippen LogP contribution in [0.1, 0.15) is 43.5 Å². The molecule has 0 aromatic carbocycles. The first kappa shape index (κ1) is 14.6. The van der Waals surface area contributed by atoms with Gasteiger partial charge in [-0.2, -0.15) is 0 Å². The minimum absolute atomic E-state index is 0.388. The highest BCUT2D eigenvalue weighted by molar-refractivity contribution is 9.10. The molecule has 1 aliphatic carbocycles. The van der Waals surface area contributed by atoms with Crippen LogP contribution in [0.15, 0.2) is 29.0 Å². The van der Waals surface area contributed by atoms with Gasteiger partial charge in [0.15, 0.2) is 5.82 Å². The quantitative estimate of drug-likeness (QED) is 0.861. The van der Waals surface area contributed by atoms with Gasteiger partial charge < -0.3 is 5.32 Å². The molecule has 4 nitrogen and oxygen atoms in total. The molecule has 2 aromatic heterocycles. The number of nitrogens with zero attached hydrogens (tertiary/aromatic N) is 3. The number of aryl methyl sites for hydroxylation is 1. The van der Waals surface area contributed by atoms with Crippen molar-refractivity contribution in [2.24, 2.45) is 0 Å². The normalized spacial score (nSPS) is 18.1. The van der Waals surface area contributed by atoms with Crippen molar-refractivity contribution in [3.05, 3.63) is 40.3 Å². The lowest BCUT2D eigenvalue weighted by atomic mass is 10.0.